The van der Waals surface area contributed by atoms with Gasteiger partial charge in [-0.1, -0.05) is 0 Å². The molecule has 1 amide bonds. The van der Waals surface area contributed by atoms with E-state index >= 15 is 0 Å². The van der Waals surface area contributed by atoms with Gasteiger partial charge in [-0.05, 0) is 68.6 Å². The van der Waals surface area contributed by atoms with Crippen LogP contribution in [0.1, 0.15) is 63.7 Å². The fourth-order valence-electron chi connectivity index (χ4n) is 5.72. The number of imidazole rings is 1. The van der Waals surface area contributed by atoms with E-state index in [1.54, 1.807) is 12.4 Å². The molecule has 4 aliphatic rings. The SMILES string of the molecule is C[C@H](NC(=O)CC12CC3CC(CC(C3)C1)C2)c1ncc[nH]1. The highest BCUT2D eigenvalue weighted by atomic mass is 16.1. The second-order valence-electron chi connectivity index (χ2n) is 7.86. The summed E-state index contributed by atoms with van der Waals surface area (Å²) in [6.45, 7) is 2.00. The van der Waals surface area contributed by atoms with E-state index in [1.807, 2.05) is 6.92 Å². The lowest BCUT2D eigenvalue weighted by atomic mass is 9.49. The molecule has 2 N–H and O–H groups in total. The Morgan fingerprint density at radius 2 is 1.95 bits per heavy atom. The van der Waals surface area contributed by atoms with Gasteiger partial charge in [-0.25, -0.2) is 4.98 Å². The highest BCUT2D eigenvalue weighted by Crippen LogP contribution is 2.61. The molecule has 5 rings (SSSR count). The number of hydrogen-bond donors (Lipinski definition) is 2. The zero-order chi connectivity index (χ0) is 14.4. The lowest BCUT2D eigenvalue weighted by molar-refractivity contribution is -0.130. The molecule has 1 heterocycles. The van der Waals surface area contributed by atoms with Crippen molar-refractivity contribution in [2.75, 3.05) is 0 Å². The monoisotopic (exact) mass is 287 g/mol. The van der Waals surface area contributed by atoms with Gasteiger partial charge in [-0.15, -0.1) is 0 Å². The summed E-state index contributed by atoms with van der Waals surface area (Å²) in [5, 5.41) is 3.12. The average Bonchev–Trinajstić information content (AvgIpc) is 2.89. The molecule has 0 spiro atoms. The van der Waals surface area contributed by atoms with Gasteiger partial charge in [0, 0.05) is 18.8 Å². The van der Waals surface area contributed by atoms with E-state index in [0.717, 1.165) is 30.0 Å². The molecule has 4 fully saturated rings. The van der Waals surface area contributed by atoms with Crippen LogP contribution in [0.4, 0.5) is 0 Å². The maximum Gasteiger partial charge on any atom is 0.221 e. The summed E-state index contributed by atoms with van der Waals surface area (Å²) in [6, 6.07) is -0.0265. The van der Waals surface area contributed by atoms with Crippen LogP contribution in [0.2, 0.25) is 0 Å². The minimum Gasteiger partial charge on any atom is -0.347 e. The smallest absolute Gasteiger partial charge is 0.221 e. The number of rotatable bonds is 4. The van der Waals surface area contributed by atoms with E-state index in [1.165, 1.54) is 38.5 Å². The van der Waals surface area contributed by atoms with Gasteiger partial charge in [0.2, 0.25) is 5.91 Å². The van der Waals surface area contributed by atoms with E-state index < -0.39 is 0 Å². The summed E-state index contributed by atoms with van der Waals surface area (Å²) >= 11 is 0. The second kappa shape index (κ2) is 4.85. The van der Waals surface area contributed by atoms with E-state index in [9.17, 15) is 4.79 Å². The molecular formula is C17H25N3O. The highest BCUT2D eigenvalue weighted by Gasteiger charge is 2.51. The van der Waals surface area contributed by atoms with Crippen molar-refractivity contribution in [1.29, 1.82) is 0 Å². The van der Waals surface area contributed by atoms with Gasteiger partial charge in [0.15, 0.2) is 0 Å². The van der Waals surface area contributed by atoms with Crippen molar-refractivity contribution < 1.29 is 4.79 Å². The third-order valence-electron chi connectivity index (χ3n) is 6.01. The van der Waals surface area contributed by atoms with Gasteiger partial charge < -0.3 is 10.3 Å². The standard InChI is InChI=1S/C17H25N3O/c1-11(16-18-2-3-19-16)20-15(21)10-17-7-12-4-13(8-17)6-14(5-12)9-17/h2-3,11-14H,4-10H2,1H3,(H,18,19)(H,20,21)/t11-,12?,13?,14?,17?/m0/s1. The minimum absolute atomic E-state index is 0.0265. The summed E-state index contributed by atoms with van der Waals surface area (Å²) in [5.74, 6) is 3.78. The summed E-state index contributed by atoms with van der Waals surface area (Å²) in [7, 11) is 0. The largest absolute Gasteiger partial charge is 0.347 e. The van der Waals surface area contributed by atoms with Crippen molar-refractivity contribution in [3.63, 3.8) is 0 Å². The predicted molar refractivity (Wildman–Crippen MR) is 80.4 cm³/mol. The Morgan fingerprint density at radius 1 is 1.33 bits per heavy atom. The molecule has 21 heavy (non-hydrogen) atoms. The minimum atomic E-state index is -0.0265. The zero-order valence-electron chi connectivity index (χ0n) is 12.8. The first kappa shape index (κ1) is 13.4. The van der Waals surface area contributed by atoms with Gasteiger partial charge in [0.1, 0.15) is 5.82 Å². The Hall–Kier alpha value is -1.32. The first-order chi connectivity index (χ1) is 10.1. The number of aromatic amines is 1. The second-order valence-corrected chi connectivity index (χ2v) is 7.86. The molecule has 1 aromatic rings. The molecule has 1 atom stereocenters. The van der Waals surface area contributed by atoms with E-state index in [4.69, 9.17) is 0 Å². The molecule has 4 aliphatic carbocycles. The first-order valence-electron chi connectivity index (χ1n) is 8.40. The molecule has 0 aliphatic heterocycles. The molecule has 4 nitrogen and oxygen atoms in total. The van der Waals surface area contributed by atoms with Gasteiger partial charge >= 0.3 is 0 Å². The van der Waals surface area contributed by atoms with Crippen molar-refractivity contribution in [1.82, 2.24) is 15.3 Å². The average molecular weight is 287 g/mol. The summed E-state index contributed by atoms with van der Waals surface area (Å²) in [4.78, 5) is 19.8. The lowest BCUT2D eigenvalue weighted by Gasteiger charge is -2.56. The van der Waals surface area contributed by atoms with Crippen molar-refractivity contribution in [2.24, 2.45) is 23.2 Å². The van der Waals surface area contributed by atoms with Crippen LogP contribution in [0.5, 0.6) is 0 Å². The lowest BCUT2D eigenvalue weighted by Crippen LogP contribution is -2.48. The number of carbonyl (C=O) groups excluding carboxylic acids is 1. The van der Waals surface area contributed by atoms with Gasteiger partial charge in [0.25, 0.3) is 0 Å². The van der Waals surface area contributed by atoms with Crippen LogP contribution < -0.4 is 5.32 Å². The van der Waals surface area contributed by atoms with E-state index in [0.29, 0.717) is 5.41 Å². The maximum atomic E-state index is 12.5. The van der Waals surface area contributed by atoms with Crippen LogP contribution >= 0.6 is 0 Å². The number of H-pyrrole nitrogens is 1. The Morgan fingerprint density at radius 3 is 2.48 bits per heavy atom. The maximum absolute atomic E-state index is 12.5. The molecule has 0 saturated heterocycles. The van der Waals surface area contributed by atoms with Crippen molar-refractivity contribution in [3.05, 3.63) is 18.2 Å². The Balaban J connectivity index is 1.40. The van der Waals surface area contributed by atoms with Crippen molar-refractivity contribution >= 4 is 5.91 Å². The molecule has 4 bridgehead atoms. The Bertz CT molecular complexity index is 487. The normalized spacial score (nSPS) is 38.4. The first-order valence-corrected chi connectivity index (χ1v) is 8.40. The van der Waals surface area contributed by atoms with Crippen LogP contribution in [0.3, 0.4) is 0 Å². The highest BCUT2D eigenvalue weighted by molar-refractivity contribution is 5.77. The molecule has 0 unspecified atom stereocenters. The Labute approximate surface area is 126 Å². The van der Waals surface area contributed by atoms with Crippen molar-refractivity contribution in [3.8, 4) is 0 Å². The van der Waals surface area contributed by atoms with Crippen LogP contribution in [0.15, 0.2) is 12.4 Å². The molecule has 0 radical (unpaired) electrons. The summed E-state index contributed by atoms with van der Waals surface area (Å²) in [5.41, 5.74) is 0.321. The Kier molecular flexibility index (Phi) is 3.09. The summed E-state index contributed by atoms with van der Waals surface area (Å²) < 4.78 is 0. The van der Waals surface area contributed by atoms with Crippen LogP contribution in [0.25, 0.3) is 0 Å². The summed E-state index contributed by atoms with van der Waals surface area (Å²) in [6.07, 6.45) is 12.4. The third-order valence-corrected chi connectivity index (χ3v) is 6.01. The predicted octanol–water partition coefficient (Wildman–Crippen LogP) is 3.19. The fraction of sp³-hybridized carbons (Fsp3) is 0.765. The third kappa shape index (κ3) is 2.49. The van der Waals surface area contributed by atoms with E-state index in [-0.39, 0.29) is 11.9 Å². The topological polar surface area (TPSA) is 57.8 Å². The van der Waals surface area contributed by atoms with Crippen molar-refractivity contribution in [2.45, 2.75) is 57.9 Å². The number of aromatic nitrogens is 2. The molecule has 114 valence electrons. The number of amides is 1. The quantitative estimate of drug-likeness (QED) is 0.893. The number of nitrogens with one attached hydrogen (secondary N) is 2. The van der Waals surface area contributed by atoms with Gasteiger partial charge in [-0.3, -0.25) is 4.79 Å². The van der Waals surface area contributed by atoms with Crippen LogP contribution in [-0.4, -0.2) is 15.9 Å². The number of carbonyl (C=O) groups is 1. The molecule has 4 saturated carbocycles. The van der Waals surface area contributed by atoms with E-state index in [2.05, 4.69) is 15.3 Å². The molecule has 0 aromatic carbocycles. The molecular weight excluding hydrogens is 262 g/mol. The van der Waals surface area contributed by atoms with Crippen LogP contribution in [-0.2, 0) is 4.79 Å². The van der Waals surface area contributed by atoms with Gasteiger partial charge in [-0.2, -0.15) is 0 Å². The van der Waals surface area contributed by atoms with Gasteiger partial charge in [0.05, 0.1) is 6.04 Å². The fourth-order valence-corrected chi connectivity index (χ4v) is 5.72. The van der Waals surface area contributed by atoms with Crippen LogP contribution in [0, 0.1) is 23.2 Å². The molecule has 1 aromatic heterocycles. The molecule has 4 heteroatoms. The number of hydrogen-bond acceptors (Lipinski definition) is 2. The zero-order valence-corrected chi connectivity index (χ0v) is 12.8. The number of nitrogens with zero attached hydrogens (tertiary/aromatic N) is 1.